The molecule has 0 saturated heterocycles. The number of oxazole rings is 1. The smallest absolute Gasteiger partial charge is 0.332 e. The fourth-order valence-electron chi connectivity index (χ4n) is 3.47. The number of aryl methyl sites for hydroxylation is 2. The van der Waals surface area contributed by atoms with E-state index in [1.807, 2.05) is 31.2 Å². The van der Waals surface area contributed by atoms with Crippen LogP contribution in [0.3, 0.4) is 0 Å². The van der Waals surface area contributed by atoms with Crippen LogP contribution in [-0.2, 0) is 20.9 Å². The normalized spacial score (nSPS) is 20.8. The van der Waals surface area contributed by atoms with Crippen LogP contribution in [0.15, 0.2) is 28.7 Å². The lowest BCUT2D eigenvalue weighted by Gasteiger charge is -2.29. The van der Waals surface area contributed by atoms with E-state index in [1.165, 1.54) is 5.56 Å². The highest BCUT2D eigenvalue weighted by Gasteiger charge is 2.25. The van der Waals surface area contributed by atoms with Gasteiger partial charge in [0.2, 0.25) is 5.89 Å². The van der Waals surface area contributed by atoms with Gasteiger partial charge in [-0.1, -0.05) is 24.1 Å². The molecule has 0 bridgehead atoms. The average Bonchev–Trinajstić information content (AvgIpc) is 3.06. The predicted molar refractivity (Wildman–Crippen MR) is 105 cm³/mol. The van der Waals surface area contributed by atoms with E-state index in [0.29, 0.717) is 25.0 Å². The number of rotatable bonds is 8. The molecule has 1 fully saturated rings. The summed E-state index contributed by atoms with van der Waals surface area (Å²) in [6.07, 6.45) is 3.38. The van der Waals surface area contributed by atoms with Gasteiger partial charge in [-0.15, -0.1) is 0 Å². The molecular weight excluding hydrogens is 358 g/mol. The van der Waals surface area contributed by atoms with Crippen LogP contribution in [0.4, 0.5) is 0 Å². The van der Waals surface area contributed by atoms with E-state index >= 15 is 0 Å². The summed E-state index contributed by atoms with van der Waals surface area (Å²) >= 11 is 0. The summed E-state index contributed by atoms with van der Waals surface area (Å²) in [5.41, 5.74) is 2.99. The molecule has 152 valence electrons. The molecule has 3 atom stereocenters. The van der Waals surface area contributed by atoms with Crippen LogP contribution < -0.4 is 0 Å². The molecule has 1 aliphatic carbocycles. The molecule has 3 rings (SSSR count). The zero-order chi connectivity index (χ0) is 20.1. The number of carbonyl (C=O) groups is 1. The van der Waals surface area contributed by atoms with Crippen LogP contribution in [0, 0.1) is 19.8 Å². The van der Waals surface area contributed by atoms with Gasteiger partial charge in [-0.3, -0.25) is 0 Å². The van der Waals surface area contributed by atoms with E-state index in [1.54, 1.807) is 6.92 Å². The molecule has 1 aliphatic rings. The summed E-state index contributed by atoms with van der Waals surface area (Å²) in [4.78, 5) is 15.5. The summed E-state index contributed by atoms with van der Waals surface area (Å²) in [7, 11) is 0. The van der Waals surface area contributed by atoms with Crippen molar-refractivity contribution in [3.05, 3.63) is 41.3 Å². The molecule has 1 unspecified atom stereocenters. The second-order valence-electron chi connectivity index (χ2n) is 7.67. The predicted octanol–water partition coefficient (Wildman–Crippen LogP) is 4.52. The molecule has 1 aromatic heterocycles. The van der Waals surface area contributed by atoms with E-state index in [-0.39, 0.29) is 6.10 Å². The summed E-state index contributed by atoms with van der Waals surface area (Å²) in [5.74, 6) is 0.812. The van der Waals surface area contributed by atoms with Crippen LogP contribution in [0.25, 0.3) is 11.5 Å². The van der Waals surface area contributed by atoms with Gasteiger partial charge >= 0.3 is 5.97 Å². The summed E-state index contributed by atoms with van der Waals surface area (Å²) in [6, 6.07) is 8.10. The maximum Gasteiger partial charge on any atom is 0.332 e. The third-order valence-electron chi connectivity index (χ3n) is 5.31. The molecule has 1 aromatic carbocycles. The average molecular weight is 387 g/mol. The van der Waals surface area contributed by atoms with Crippen molar-refractivity contribution in [1.82, 2.24) is 4.98 Å². The van der Waals surface area contributed by atoms with Gasteiger partial charge in [0.25, 0.3) is 0 Å². The zero-order valence-corrected chi connectivity index (χ0v) is 16.8. The van der Waals surface area contributed by atoms with Crippen molar-refractivity contribution < 1.29 is 23.8 Å². The fraction of sp³-hybridized carbons (Fsp3) is 0.545. The highest BCUT2D eigenvalue weighted by Crippen LogP contribution is 2.28. The number of benzene rings is 1. The van der Waals surface area contributed by atoms with Crippen molar-refractivity contribution in [2.24, 2.45) is 5.92 Å². The first-order valence-electron chi connectivity index (χ1n) is 9.91. The molecule has 0 amide bonds. The summed E-state index contributed by atoms with van der Waals surface area (Å²) in [5, 5.41) is 8.93. The minimum atomic E-state index is -0.922. The van der Waals surface area contributed by atoms with E-state index in [9.17, 15) is 4.79 Å². The van der Waals surface area contributed by atoms with Crippen molar-refractivity contribution in [3.63, 3.8) is 0 Å². The Morgan fingerprint density at radius 2 is 2.04 bits per heavy atom. The standard InChI is InChI=1S/C22H29NO5/c1-14-7-9-18(10-8-14)21-23-20(15(2)28-21)13-27-19-6-4-5-17(11-19)12-26-16(3)22(24)25/h7-10,16-17,19H,4-6,11-13H2,1-3H3,(H,24,25)/t16?,17-,19+/m0/s1. The van der Waals surface area contributed by atoms with E-state index in [0.717, 1.165) is 42.7 Å². The van der Waals surface area contributed by atoms with Gasteiger partial charge < -0.3 is 19.0 Å². The van der Waals surface area contributed by atoms with Crippen LogP contribution in [-0.4, -0.2) is 34.9 Å². The second kappa shape index (κ2) is 9.34. The van der Waals surface area contributed by atoms with Crippen molar-refractivity contribution in [2.75, 3.05) is 6.61 Å². The zero-order valence-electron chi connectivity index (χ0n) is 16.8. The van der Waals surface area contributed by atoms with Gasteiger partial charge in [0.15, 0.2) is 6.10 Å². The molecule has 2 aromatic rings. The molecule has 28 heavy (non-hydrogen) atoms. The van der Waals surface area contributed by atoms with Crippen LogP contribution in [0.2, 0.25) is 0 Å². The Hall–Kier alpha value is -2.18. The molecule has 0 radical (unpaired) electrons. The Bertz CT molecular complexity index is 783. The number of nitrogens with zero attached hydrogens (tertiary/aromatic N) is 1. The molecule has 6 nitrogen and oxygen atoms in total. The van der Waals surface area contributed by atoms with Gasteiger partial charge in [0.1, 0.15) is 11.5 Å². The maximum absolute atomic E-state index is 10.9. The Morgan fingerprint density at radius 1 is 1.29 bits per heavy atom. The number of hydrogen-bond acceptors (Lipinski definition) is 5. The lowest BCUT2D eigenvalue weighted by Crippen LogP contribution is -2.29. The number of ether oxygens (including phenoxy) is 2. The quantitative estimate of drug-likeness (QED) is 0.717. The van der Waals surface area contributed by atoms with Crippen LogP contribution in [0.1, 0.15) is 49.6 Å². The monoisotopic (exact) mass is 387 g/mol. The second-order valence-corrected chi connectivity index (χ2v) is 7.67. The SMILES string of the molecule is Cc1ccc(-c2nc(CO[C@@H]3CCC[C@H](COC(C)C(=O)O)C3)c(C)o2)cc1. The Labute approximate surface area is 165 Å². The molecule has 0 spiro atoms. The largest absolute Gasteiger partial charge is 0.479 e. The number of aliphatic carboxylic acids is 1. The first-order chi connectivity index (χ1) is 13.4. The molecule has 1 N–H and O–H groups in total. The Balaban J connectivity index is 1.52. The van der Waals surface area contributed by atoms with Crippen molar-refractivity contribution in [2.45, 2.75) is 65.3 Å². The van der Waals surface area contributed by atoms with E-state index in [2.05, 4.69) is 11.9 Å². The Kier molecular flexibility index (Phi) is 6.86. The molecule has 6 heteroatoms. The molecule has 0 aliphatic heterocycles. The number of carboxylic acid groups (broad SMARTS) is 1. The number of hydrogen-bond donors (Lipinski definition) is 1. The molecule has 1 heterocycles. The Morgan fingerprint density at radius 3 is 2.75 bits per heavy atom. The highest BCUT2D eigenvalue weighted by molar-refractivity contribution is 5.71. The van der Waals surface area contributed by atoms with Crippen molar-refractivity contribution in [3.8, 4) is 11.5 Å². The van der Waals surface area contributed by atoms with E-state index < -0.39 is 12.1 Å². The topological polar surface area (TPSA) is 81.8 Å². The summed E-state index contributed by atoms with van der Waals surface area (Å²) < 4.78 is 17.4. The van der Waals surface area contributed by atoms with Crippen molar-refractivity contribution >= 4 is 5.97 Å². The van der Waals surface area contributed by atoms with Crippen molar-refractivity contribution in [1.29, 1.82) is 0 Å². The number of aromatic nitrogens is 1. The third kappa shape index (κ3) is 5.42. The first kappa shape index (κ1) is 20.6. The van der Waals surface area contributed by atoms with Gasteiger partial charge in [-0.25, -0.2) is 9.78 Å². The molecule has 1 saturated carbocycles. The third-order valence-corrected chi connectivity index (χ3v) is 5.31. The maximum atomic E-state index is 10.9. The highest BCUT2D eigenvalue weighted by atomic mass is 16.5. The minimum Gasteiger partial charge on any atom is -0.479 e. The lowest BCUT2D eigenvalue weighted by molar-refractivity contribution is -0.150. The molecular formula is C22H29NO5. The van der Waals surface area contributed by atoms with Gasteiger partial charge in [0.05, 0.1) is 19.3 Å². The van der Waals surface area contributed by atoms with Crippen LogP contribution in [0.5, 0.6) is 0 Å². The lowest BCUT2D eigenvalue weighted by atomic mass is 9.87. The number of carboxylic acids is 1. The first-order valence-corrected chi connectivity index (χ1v) is 9.91. The minimum absolute atomic E-state index is 0.140. The summed E-state index contributed by atoms with van der Waals surface area (Å²) in [6.45, 7) is 6.42. The van der Waals surface area contributed by atoms with E-state index in [4.69, 9.17) is 19.0 Å². The fourth-order valence-corrected chi connectivity index (χ4v) is 3.47. The van der Waals surface area contributed by atoms with Gasteiger partial charge in [-0.2, -0.15) is 0 Å². The van der Waals surface area contributed by atoms with Gasteiger partial charge in [-0.05, 0) is 58.1 Å². The van der Waals surface area contributed by atoms with Crippen LogP contribution >= 0.6 is 0 Å². The van der Waals surface area contributed by atoms with Gasteiger partial charge in [0, 0.05) is 5.56 Å².